The molecule has 0 fully saturated rings. The van der Waals surface area contributed by atoms with Gasteiger partial charge in [0.05, 0.1) is 17.0 Å². The van der Waals surface area contributed by atoms with Crippen molar-refractivity contribution in [1.29, 1.82) is 0 Å². The lowest BCUT2D eigenvalue weighted by Crippen LogP contribution is -2.36. The molecular formula is C19H16N3O2+. The number of rotatable bonds is 1. The number of hydrogen-bond acceptors (Lipinski definition) is 3. The minimum Gasteiger partial charge on any atom is -0.452 e. The van der Waals surface area contributed by atoms with Gasteiger partial charge in [0.2, 0.25) is 5.71 Å². The molecular weight excluding hydrogens is 302 g/mol. The standard InChI is InChI=1S/C19H16N3O2/c1-11-9-14-16(10-15(11)22-8-4-7-21(22)3)23-17-13-6-5-12(2)20-19(13)24-18(14)17/h4-10H,1-3H3/q+1. The van der Waals surface area contributed by atoms with E-state index in [1.165, 1.54) is 0 Å². The van der Waals surface area contributed by atoms with Gasteiger partial charge in [0, 0.05) is 17.8 Å². The van der Waals surface area contributed by atoms with E-state index in [0.29, 0.717) is 5.71 Å². The van der Waals surface area contributed by atoms with Crippen LogP contribution in [0.2, 0.25) is 0 Å². The molecule has 0 saturated heterocycles. The van der Waals surface area contributed by atoms with Gasteiger partial charge in [0.1, 0.15) is 11.3 Å². The molecule has 4 aromatic heterocycles. The predicted octanol–water partition coefficient (Wildman–Crippen LogP) is 3.96. The number of furan rings is 2. The Labute approximate surface area is 137 Å². The van der Waals surface area contributed by atoms with Gasteiger partial charge in [-0.15, -0.1) is 9.36 Å². The zero-order chi connectivity index (χ0) is 16.4. The van der Waals surface area contributed by atoms with E-state index in [4.69, 9.17) is 8.83 Å². The van der Waals surface area contributed by atoms with Crippen molar-refractivity contribution in [3.8, 4) is 5.69 Å². The minimum atomic E-state index is 0.629. The Balaban J connectivity index is 1.85. The number of nitrogens with zero attached hydrogens (tertiary/aromatic N) is 3. The van der Waals surface area contributed by atoms with Crippen molar-refractivity contribution in [2.24, 2.45) is 7.05 Å². The van der Waals surface area contributed by atoms with Gasteiger partial charge >= 0.3 is 0 Å². The smallest absolute Gasteiger partial charge is 0.230 e. The first kappa shape index (κ1) is 13.4. The molecule has 0 aliphatic heterocycles. The average Bonchev–Trinajstić information content (AvgIpc) is 3.20. The quantitative estimate of drug-likeness (QED) is 0.440. The largest absolute Gasteiger partial charge is 0.452 e. The van der Waals surface area contributed by atoms with E-state index in [9.17, 15) is 0 Å². The molecule has 5 heteroatoms. The second-order valence-corrected chi connectivity index (χ2v) is 6.21. The monoisotopic (exact) mass is 318 g/mol. The number of pyridine rings is 1. The van der Waals surface area contributed by atoms with Crippen LogP contribution in [0.25, 0.3) is 38.9 Å². The van der Waals surface area contributed by atoms with Crippen LogP contribution in [0, 0.1) is 13.8 Å². The Morgan fingerprint density at radius 3 is 2.67 bits per heavy atom. The van der Waals surface area contributed by atoms with Crippen LogP contribution in [0.5, 0.6) is 0 Å². The van der Waals surface area contributed by atoms with Crippen LogP contribution >= 0.6 is 0 Å². The summed E-state index contributed by atoms with van der Waals surface area (Å²) in [7, 11) is 2.01. The van der Waals surface area contributed by atoms with E-state index in [1.807, 2.05) is 49.2 Å². The van der Waals surface area contributed by atoms with Gasteiger partial charge in [-0.2, -0.15) is 0 Å². The van der Waals surface area contributed by atoms with Gasteiger partial charge in [-0.3, -0.25) is 0 Å². The molecule has 5 rings (SSSR count). The lowest BCUT2D eigenvalue weighted by Gasteiger charge is -2.04. The summed E-state index contributed by atoms with van der Waals surface area (Å²) in [4.78, 5) is 4.45. The maximum absolute atomic E-state index is 6.12. The molecule has 5 nitrogen and oxygen atoms in total. The summed E-state index contributed by atoms with van der Waals surface area (Å²) in [5, 5.41) is 1.90. The molecule has 5 aromatic rings. The molecule has 24 heavy (non-hydrogen) atoms. The van der Waals surface area contributed by atoms with Crippen LogP contribution in [-0.4, -0.2) is 9.67 Å². The second kappa shape index (κ2) is 4.47. The van der Waals surface area contributed by atoms with Crippen molar-refractivity contribution in [1.82, 2.24) is 9.67 Å². The maximum atomic E-state index is 6.12. The summed E-state index contributed by atoms with van der Waals surface area (Å²) in [5.74, 6) is 0. The molecule has 118 valence electrons. The molecule has 0 saturated carbocycles. The van der Waals surface area contributed by atoms with Crippen molar-refractivity contribution in [3.63, 3.8) is 0 Å². The summed E-state index contributed by atoms with van der Waals surface area (Å²) in [6.07, 6.45) is 4.04. The van der Waals surface area contributed by atoms with E-state index in [2.05, 4.69) is 28.7 Å². The highest BCUT2D eigenvalue weighted by atomic mass is 16.4. The summed E-state index contributed by atoms with van der Waals surface area (Å²) in [6, 6.07) is 10.2. The summed E-state index contributed by atoms with van der Waals surface area (Å²) in [6.45, 7) is 4.05. The SMILES string of the molecule is Cc1ccc2c(n1)oc1c3cc(C)c(-n4ccc[n+]4C)cc3oc21. The Morgan fingerprint density at radius 1 is 1.04 bits per heavy atom. The fraction of sp³-hybridized carbons (Fsp3) is 0.158. The van der Waals surface area contributed by atoms with E-state index in [1.54, 1.807) is 0 Å². The highest BCUT2D eigenvalue weighted by molar-refractivity contribution is 6.12. The van der Waals surface area contributed by atoms with Gasteiger partial charge < -0.3 is 8.83 Å². The zero-order valence-corrected chi connectivity index (χ0v) is 13.7. The van der Waals surface area contributed by atoms with Crippen LogP contribution < -0.4 is 4.68 Å². The molecule has 0 amide bonds. The first-order valence-electron chi connectivity index (χ1n) is 7.88. The van der Waals surface area contributed by atoms with Crippen LogP contribution in [0.1, 0.15) is 11.3 Å². The van der Waals surface area contributed by atoms with E-state index in [0.717, 1.165) is 44.5 Å². The fourth-order valence-electron chi connectivity index (χ4n) is 3.30. The van der Waals surface area contributed by atoms with Gasteiger partial charge in [-0.25, -0.2) is 4.98 Å². The van der Waals surface area contributed by atoms with Crippen LogP contribution in [0.4, 0.5) is 0 Å². The summed E-state index contributed by atoms with van der Waals surface area (Å²) in [5.41, 5.74) is 6.16. The molecule has 0 spiro atoms. The maximum Gasteiger partial charge on any atom is 0.230 e. The second-order valence-electron chi connectivity index (χ2n) is 6.21. The molecule has 1 aromatic carbocycles. The molecule has 0 bridgehead atoms. The molecule has 0 aliphatic carbocycles. The number of aryl methyl sites for hydroxylation is 3. The zero-order valence-electron chi connectivity index (χ0n) is 13.7. The van der Waals surface area contributed by atoms with Crippen LogP contribution in [-0.2, 0) is 7.05 Å². The molecule has 4 heterocycles. The third-order valence-corrected chi connectivity index (χ3v) is 4.52. The van der Waals surface area contributed by atoms with Crippen molar-refractivity contribution < 1.29 is 13.5 Å². The molecule has 0 aliphatic rings. The van der Waals surface area contributed by atoms with Crippen LogP contribution in [0.3, 0.4) is 0 Å². The van der Waals surface area contributed by atoms with Crippen molar-refractivity contribution >= 4 is 33.2 Å². The molecule has 0 radical (unpaired) electrons. The van der Waals surface area contributed by atoms with Gasteiger partial charge in [-0.05, 0) is 37.6 Å². The molecule has 0 unspecified atom stereocenters. The predicted molar refractivity (Wildman–Crippen MR) is 91.3 cm³/mol. The van der Waals surface area contributed by atoms with Gasteiger partial charge in [-0.1, -0.05) is 0 Å². The average molecular weight is 318 g/mol. The van der Waals surface area contributed by atoms with Crippen LogP contribution in [0.15, 0.2) is 51.6 Å². The Bertz CT molecular complexity index is 1240. The van der Waals surface area contributed by atoms with Crippen molar-refractivity contribution in [3.05, 3.63) is 54.0 Å². The topological polar surface area (TPSA) is 48.0 Å². The molecule has 0 N–H and O–H groups in total. The number of benzene rings is 1. The fourth-order valence-corrected chi connectivity index (χ4v) is 3.30. The minimum absolute atomic E-state index is 0.629. The third-order valence-electron chi connectivity index (χ3n) is 4.52. The van der Waals surface area contributed by atoms with E-state index >= 15 is 0 Å². The van der Waals surface area contributed by atoms with Gasteiger partial charge in [0.25, 0.3) is 0 Å². The first-order valence-corrected chi connectivity index (χ1v) is 7.88. The summed E-state index contributed by atoms with van der Waals surface area (Å²) >= 11 is 0. The number of hydrogen-bond donors (Lipinski definition) is 0. The highest BCUT2D eigenvalue weighted by Crippen LogP contribution is 2.37. The first-order chi connectivity index (χ1) is 11.6. The third kappa shape index (κ3) is 1.69. The van der Waals surface area contributed by atoms with E-state index in [-0.39, 0.29) is 0 Å². The summed E-state index contributed by atoms with van der Waals surface area (Å²) < 4.78 is 16.2. The Morgan fingerprint density at radius 2 is 1.88 bits per heavy atom. The Hall–Kier alpha value is -3.08. The molecule has 0 atom stereocenters. The number of aromatic nitrogens is 3. The lowest BCUT2D eigenvalue weighted by molar-refractivity contribution is -0.744. The lowest BCUT2D eigenvalue weighted by atomic mass is 10.1. The number of fused-ring (bicyclic) bond motifs is 5. The Kier molecular flexibility index (Phi) is 2.49. The normalized spacial score (nSPS) is 12.0. The highest BCUT2D eigenvalue weighted by Gasteiger charge is 2.19. The van der Waals surface area contributed by atoms with Gasteiger partial charge in [0.15, 0.2) is 24.4 Å². The van der Waals surface area contributed by atoms with Crippen molar-refractivity contribution in [2.45, 2.75) is 13.8 Å². The van der Waals surface area contributed by atoms with Crippen molar-refractivity contribution in [2.75, 3.05) is 0 Å². The van der Waals surface area contributed by atoms with E-state index < -0.39 is 0 Å².